The lowest BCUT2D eigenvalue weighted by Gasteiger charge is -2.52. The number of hydrogen-bond donors (Lipinski definition) is 4. The predicted molar refractivity (Wildman–Crippen MR) is 185 cm³/mol. The number of anilines is 1. The van der Waals surface area contributed by atoms with Gasteiger partial charge in [0.25, 0.3) is 0 Å². The molecule has 3 aromatic rings. The molecular formula is C38H48N4O6. The second-order valence-electron chi connectivity index (χ2n) is 14.6. The lowest BCUT2D eigenvalue weighted by molar-refractivity contribution is -0.117. The van der Waals surface area contributed by atoms with Gasteiger partial charge in [0, 0.05) is 43.6 Å². The molecule has 10 nitrogen and oxygen atoms in total. The maximum absolute atomic E-state index is 13.1. The summed E-state index contributed by atoms with van der Waals surface area (Å²) in [5.41, 5.74) is 2.28. The number of nitrogens with zero attached hydrogens (tertiary/aromatic N) is 2. The zero-order valence-corrected chi connectivity index (χ0v) is 28.6. The maximum Gasteiger partial charge on any atom is 0.408 e. The van der Waals surface area contributed by atoms with E-state index < -0.39 is 28.9 Å². The number of nitrogens with one attached hydrogen (secondary N) is 2. The molecule has 2 saturated carbocycles. The van der Waals surface area contributed by atoms with Crippen LogP contribution in [-0.2, 0) is 15.1 Å². The van der Waals surface area contributed by atoms with E-state index in [1.54, 1.807) is 13.1 Å². The zero-order valence-electron chi connectivity index (χ0n) is 28.6. The van der Waals surface area contributed by atoms with E-state index in [1.807, 2.05) is 88.4 Å². The number of benzene rings is 2. The van der Waals surface area contributed by atoms with Crippen LogP contribution in [0, 0.1) is 5.92 Å². The second-order valence-corrected chi connectivity index (χ2v) is 14.6. The molecule has 3 amide bonds. The molecular weight excluding hydrogens is 608 g/mol. The molecule has 2 aliphatic rings. The quantitative estimate of drug-likeness (QED) is 0.186. The topological polar surface area (TPSA) is 141 Å². The van der Waals surface area contributed by atoms with E-state index in [4.69, 9.17) is 4.74 Å². The van der Waals surface area contributed by atoms with Gasteiger partial charge in [0.1, 0.15) is 11.4 Å². The fourth-order valence-electron chi connectivity index (χ4n) is 7.36. The van der Waals surface area contributed by atoms with Crippen LogP contribution in [0.1, 0.15) is 85.1 Å². The fraction of sp³-hybridized carbons (Fsp3) is 0.474. The molecule has 5 rings (SSSR count). The van der Waals surface area contributed by atoms with Crippen LogP contribution in [0.5, 0.6) is 0 Å². The van der Waals surface area contributed by atoms with Crippen molar-refractivity contribution in [1.29, 1.82) is 0 Å². The minimum atomic E-state index is -0.894. The van der Waals surface area contributed by atoms with Gasteiger partial charge in [-0.2, -0.15) is 0 Å². The van der Waals surface area contributed by atoms with Crippen molar-refractivity contribution in [3.05, 3.63) is 72.4 Å². The standard InChI is InChI=1S/C38H48N4O6/c1-6-42(35(45)46)29-18-12-25(13-19-29)20-33(43)40-32-21-30(26-10-8-7-9-11-26)31(22-39-32)27-14-16-28(17-15-27)38(23-37(5,47)24-38)41-34(44)48-36(2,3)4/h7-11,14-17,21-22,25,29,47H,6,12-13,18-20,23-24H2,1-5H3,(H,41,44)(H,45,46)(H,39,40,43)/t25-,29-,37?,38?. The van der Waals surface area contributed by atoms with Gasteiger partial charge in [-0.15, -0.1) is 0 Å². The Morgan fingerprint density at radius 2 is 1.58 bits per heavy atom. The Balaban J connectivity index is 1.32. The first-order valence-electron chi connectivity index (χ1n) is 16.9. The van der Waals surface area contributed by atoms with Crippen molar-refractivity contribution in [2.24, 2.45) is 5.92 Å². The number of pyridine rings is 1. The summed E-state index contributed by atoms with van der Waals surface area (Å²) in [4.78, 5) is 43.5. The third kappa shape index (κ3) is 8.34. The summed E-state index contributed by atoms with van der Waals surface area (Å²) >= 11 is 0. The smallest absolute Gasteiger partial charge is 0.408 e. The molecule has 2 aliphatic carbocycles. The fourth-order valence-corrected chi connectivity index (χ4v) is 7.36. The van der Waals surface area contributed by atoms with Gasteiger partial charge in [0.05, 0.1) is 11.1 Å². The third-order valence-electron chi connectivity index (χ3n) is 9.43. The Labute approximate surface area is 282 Å². The monoisotopic (exact) mass is 656 g/mol. The molecule has 10 heteroatoms. The number of carbonyl (C=O) groups is 3. The normalized spacial score (nSPS) is 23.8. The first-order chi connectivity index (χ1) is 22.7. The SMILES string of the molecule is CCN(C(=O)O)[C@H]1CC[C@H](CC(=O)Nc2cc(-c3ccccc3)c(-c3ccc(C4(NC(=O)OC(C)(C)C)CC(C)(O)C4)cc3)cn2)CC1. The zero-order chi connectivity index (χ0) is 34.7. The van der Waals surface area contributed by atoms with Crippen LogP contribution in [0.15, 0.2) is 66.9 Å². The van der Waals surface area contributed by atoms with Crippen LogP contribution in [-0.4, -0.2) is 62.0 Å². The number of carbonyl (C=O) groups excluding carboxylic acids is 2. The summed E-state index contributed by atoms with van der Waals surface area (Å²) < 4.78 is 5.53. The Bertz CT molecular complexity index is 1600. The number of alkyl carbamates (subject to hydrolysis) is 1. The summed E-state index contributed by atoms with van der Waals surface area (Å²) in [6.07, 6.45) is 4.61. The number of carboxylic acid groups (broad SMARTS) is 1. The number of ether oxygens (including phenoxy) is 1. The van der Waals surface area contributed by atoms with Crippen molar-refractivity contribution in [3.8, 4) is 22.3 Å². The Morgan fingerprint density at radius 3 is 2.15 bits per heavy atom. The van der Waals surface area contributed by atoms with Crippen LogP contribution in [0.25, 0.3) is 22.3 Å². The highest BCUT2D eigenvalue weighted by molar-refractivity contribution is 5.92. The summed E-state index contributed by atoms with van der Waals surface area (Å²) in [5.74, 6) is 0.563. The lowest BCUT2D eigenvalue weighted by atomic mass is 9.62. The number of amides is 3. The second kappa shape index (κ2) is 14.0. The van der Waals surface area contributed by atoms with E-state index in [2.05, 4.69) is 15.6 Å². The molecule has 2 fully saturated rings. The number of hydrogen-bond acceptors (Lipinski definition) is 6. The minimum absolute atomic E-state index is 0.0129. The Kier molecular flexibility index (Phi) is 10.1. The molecule has 0 spiro atoms. The molecule has 0 unspecified atom stereocenters. The highest BCUT2D eigenvalue weighted by Crippen LogP contribution is 2.49. The molecule has 0 aliphatic heterocycles. The molecule has 256 valence electrons. The van der Waals surface area contributed by atoms with Gasteiger partial charge in [-0.3, -0.25) is 4.79 Å². The first-order valence-corrected chi connectivity index (χ1v) is 16.9. The van der Waals surface area contributed by atoms with E-state index in [-0.39, 0.29) is 17.9 Å². The maximum atomic E-state index is 13.1. The van der Waals surface area contributed by atoms with Crippen LogP contribution in [0.3, 0.4) is 0 Å². The molecule has 2 aromatic carbocycles. The molecule has 0 saturated heterocycles. The van der Waals surface area contributed by atoms with Crippen LogP contribution >= 0.6 is 0 Å². The Hall–Kier alpha value is -4.44. The van der Waals surface area contributed by atoms with E-state index in [9.17, 15) is 24.6 Å². The van der Waals surface area contributed by atoms with Crippen molar-refractivity contribution < 1.29 is 29.3 Å². The van der Waals surface area contributed by atoms with Crippen molar-refractivity contribution in [1.82, 2.24) is 15.2 Å². The predicted octanol–water partition coefficient (Wildman–Crippen LogP) is 7.57. The van der Waals surface area contributed by atoms with Crippen LogP contribution in [0.4, 0.5) is 15.4 Å². The van der Waals surface area contributed by atoms with Crippen molar-refractivity contribution in [2.75, 3.05) is 11.9 Å². The van der Waals surface area contributed by atoms with Crippen LogP contribution < -0.4 is 10.6 Å². The van der Waals surface area contributed by atoms with Gasteiger partial charge in [-0.25, -0.2) is 14.6 Å². The van der Waals surface area contributed by atoms with E-state index in [0.29, 0.717) is 31.6 Å². The van der Waals surface area contributed by atoms with Gasteiger partial charge in [-0.05, 0) is 94.5 Å². The van der Waals surface area contributed by atoms with E-state index in [0.717, 1.165) is 53.5 Å². The van der Waals surface area contributed by atoms with Crippen molar-refractivity contribution in [3.63, 3.8) is 0 Å². The van der Waals surface area contributed by atoms with Gasteiger partial charge >= 0.3 is 12.2 Å². The lowest BCUT2D eigenvalue weighted by Crippen LogP contribution is -2.62. The first kappa shape index (κ1) is 34.9. The van der Waals surface area contributed by atoms with E-state index in [1.165, 1.54) is 4.90 Å². The average molecular weight is 657 g/mol. The number of aromatic nitrogens is 1. The van der Waals surface area contributed by atoms with E-state index >= 15 is 0 Å². The highest BCUT2D eigenvalue weighted by atomic mass is 16.6. The molecule has 0 radical (unpaired) electrons. The molecule has 0 atom stereocenters. The summed E-state index contributed by atoms with van der Waals surface area (Å²) in [5, 5.41) is 26.1. The molecule has 4 N–H and O–H groups in total. The third-order valence-corrected chi connectivity index (χ3v) is 9.43. The van der Waals surface area contributed by atoms with Gasteiger partial charge in [0.2, 0.25) is 5.91 Å². The Morgan fingerprint density at radius 1 is 0.958 bits per heavy atom. The summed E-state index contributed by atoms with van der Waals surface area (Å²) in [7, 11) is 0. The number of aliphatic hydroxyl groups is 1. The van der Waals surface area contributed by atoms with Crippen molar-refractivity contribution >= 4 is 23.9 Å². The average Bonchev–Trinajstić information content (AvgIpc) is 3.00. The molecule has 48 heavy (non-hydrogen) atoms. The van der Waals surface area contributed by atoms with Gasteiger partial charge < -0.3 is 30.5 Å². The molecule has 1 aromatic heterocycles. The minimum Gasteiger partial charge on any atom is -0.465 e. The summed E-state index contributed by atoms with van der Waals surface area (Å²) in [6.45, 7) is 9.54. The van der Waals surface area contributed by atoms with Gasteiger partial charge in [-0.1, -0.05) is 54.6 Å². The largest absolute Gasteiger partial charge is 0.465 e. The highest BCUT2D eigenvalue weighted by Gasteiger charge is 2.53. The number of rotatable bonds is 9. The molecule has 0 bridgehead atoms. The van der Waals surface area contributed by atoms with Gasteiger partial charge in [0.15, 0.2) is 0 Å². The summed E-state index contributed by atoms with van der Waals surface area (Å²) in [6, 6.07) is 19.8. The van der Waals surface area contributed by atoms with Crippen molar-refractivity contribution in [2.45, 2.75) is 102 Å². The van der Waals surface area contributed by atoms with Crippen LogP contribution in [0.2, 0.25) is 0 Å². The molecule has 1 heterocycles.